The predicted octanol–water partition coefficient (Wildman–Crippen LogP) is 3.01. The van der Waals surface area contributed by atoms with Gasteiger partial charge in [-0.1, -0.05) is 30.3 Å². The number of fused-ring (bicyclic) bond motifs is 1. The second kappa shape index (κ2) is 8.10. The van der Waals surface area contributed by atoms with Gasteiger partial charge in [0.1, 0.15) is 18.2 Å². The number of benzene rings is 2. The van der Waals surface area contributed by atoms with Gasteiger partial charge < -0.3 is 19.5 Å². The molecule has 0 fully saturated rings. The van der Waals surface area contributed by atoms with Crippen LogP contribution in [0.3, 0.4) is 0 Å². The molecule has 0 saturated carbocycles. The summed E-state index contributed by atoms with van der Waals surface area (Å²) in [5.41, 5.74) is 2.06. The van der Waals surface area contributed by atoms with Crippen LogP contribution in [0.25, 0.3) is 10.6 Å². The summed E-state index contributed by atoms with van der Waals surface area (Å²) in [6.07, 6.45) is 0. The summed E-state index contributed by atoms with van der Waals surface area (Å²) in [5.74, 6) is 0.167. The van der Waals surface area contributed by atoms with E-state index in [9.17, 15) is 9.59 Å². The number of hydrogen-bond donors (Lipinski definition) is 1. The molecule has 8 heteroatoms. The zero-order valence-corrected chi connectivity index (χ0v) is 15.5. The van der Waals surface area contributed by atoms with Crippen LogP contribution in [0.2, 0.25) is 0 Å². The molecule has 0 saturated heterocycles. The smallest absolute Gasteiger partial charge is 0.325 e. The molecule has 4 rings (SSSR count). The van der Waals surface area contributed by atoms with Crippen LogP contribution in [0.5, 0.6) is 11.5 Å². The number of nitrogens with one attached hydrogen (secondary N) is 1. The van der Waals surface area contributed by atoms with Gasteiger partial charge in [-0.05, 0) is 18.2 Å². The minimum absolute atomic E-state index is 0.0576. The summed E-state index contributed by atoms with van der Waals surface area (Å²) >= 11 is 1.49. The first-order chi connectivity index (χ1) is 13.7. The van der Waals surface area contributed by atoms with E-state index >= 15 is 0 Å². The molecule has 28 heavy (non-hydrogen) atoms. The van der Waals surface area contributed by atoms with Crippen LogP contribution in [0.15, 0.2) is 53.9 Å². The number of amides is 1. The fourth-order valence-corrected chi connectivity index (χ4v) is 3.39. The summed E-state index contributed by atoms with van der Waals surface area (Å²) in [6, 6.07) is 14.6. The van der Waals surface area contributed by atoms with E-state index in [2.05, 4.69) is 10.3 Å². The Hall–Kier alpha value is -3.39. The van der Waals surface area contributed by atoms with Crippen molar-refractivity contribution in [3.63, 3.8) is 0 Å². The summed E-state index contributed by atoms with van der Waals surface area (Å²) in [7, 11) is 0. The van der Waals surface area contributed by atoms with Gasteiger partial charge in [-0.3, -0.25) is 9.59 Å². The second-order valence-corrected chi connectivity index (χ2v) is 6.78. The fraction of sp³-hybridized carbons (Fsp3) is 0.150. The first-order valence-electron chi connectivity index (χ1n) is 8.52. The molecular weight excluding hydrogens is 380 g/mol. The molecule has 0 spiro atoms. The molecule has 7 nitrogen and oxygen atoms in total. The number of ether oxygens (including phenoxy) is 3. The number of carbonyl (C=O) groups is 2. The molecule has 1 N–H and O–H groups in total. The molecule has 2 heterocycles. The van der Waals surface area contributed by atoms with Crippen LogP contribution in [-0.2, 0) is 16.1 Å². The van der Waals surface area contributed by atoms with Crippen molar-refractivity contribution < 1.29 is 23.8 Å². The lowest BCUT2D eigenvalue weighted by atomic mass is 10.2. The molecule has 1 aromatic heterocycles. The molecular formula is C20H16N2O5S. The van der Waals surface area contributed by atoms with Gasteiger partial charge in [0.05, 0.1) is 5.69 Å². The average molecular weight is 396 g/mol. The van der Waals surface area contributed by atoms with E-state index in [4.69, 9.17) is 14.2 Å². The van der Waals surface area contributed by atoms with Crippen LogP contribution in [0, 0.1) is 0 Å². The number of thiazole rings is 1. The van der Waals surface area contributed by atoms with Gasteiger partial charge in [0, 0.05) is 16.5 Å². The van der Waals surface area contributed by atoms with E-state index in [1.54, 1.807) is 18.2 Å². The number of esters is 1. The maximum absolute atomic E-state index is 12.2. The Kier molecular flexibility index (Phi) is 5.20. The SMILES string of the molecule is O=C(CNC(=O)c1ccc2c(c1)OCO2)OCc1csc(-c2ccccc2)n1. The minimum Gasteiger partial charge on any atom is -0.458 e. The molecule has 1 amide bonds. The quantitative estimate of drug-likeness (QED) is 0.645. The number of carbonyl (C=O) groups excluding carboxylic acids is 2. The molecule has 0 unspecified atom stereocenters. The number of rotatable bonds is 6. The Labute approximate surface area is 164 Å². The largest absolute Gasteiger partial charge is 0.458 e. The molecule has 1 aliphatic rings. The third-order valence-electron chi connectivity index (χ3n) is 3.98. The van der Waals surface area contributed by atoms with Gasteiger partial charge in [0.25, 0.3) is 5.91 Å². The lowest BCUT2D eigenvalue weighted by molar-refractivity contribution is -0.143. The van der Waals surface area contributed by atoms with Gasteiger partial charge in [-0.15, -0.1) is 11.3 Å². The van der Waals surface area contributed by atoms with Crippen molar-refractivity contribution in [2.24, 2.45) is 0 Å². The normalized spacial score (nSPS) is 11.9. The van der Waals surface area contributed by atoms with Gasteiger partial charge in [-0.2, -0.15) is 0 Å². The van der Waals surface area contributed by atoms with Crippen molar-refractivity contribution >= 4 is 23.2 Å². The zero-order chi connectivity index (χ0) is 19.3. The third kappa shape index (κ3) is 4.12. The van der Waals surface area contributed by atoms with Gasteiger partial charge in [0.2, 0.25) is 6.79 Å². The first-order valence-corrected chi connectivity index (χ1v) is 9.40. The summed E-state index contributed by atoms with van der Waals surface area (Å²) < 4.78 is 15.6. The zero-order valence-electron chi connectivity index (χ0n) is 14.7. The van der Waals surface area contributed by atoms with E-state index < -0.39 is 11.9 Å². The topological polar surface area (TPSA) is 86.8 Å². The Balaban J connectivity index is 1.26. The third-order valence-corrected chi connectivity index (χ3v) is 4.92. The maximum atomic E-state index is 12.2. The summed E-state index contributed by atoms with van der Waals surface area (Å²) in [4.78, 5) is 28.5. The van der Waals surface area contributed by atoms with Gasteiger partial charge in [0.15, 0.2) is 11.5 Å². The Morgan fingerprint density at radius 1 is 1.11 bits per heavy atom. The van der Waals surface area contributed by atoms with E-state index in [1.165, 1.54) is 11.3 Å². The molecule has 0 atom stereocenters. The predicted molar refractivity (Wildman–Crippen MR) is 102 cm³/mol. The molecule has 3 aromatic rings. The van der Waals surface area contributed by atoms with Crippen LogP contribution in [0.4, 0.5) is 0 Å². The Bertz CT molecular complexity index is 1000. The molecule has 0 bridgehead atoms. The highest BCUT2D eigenvalue weighted by Crippen LogP contribution is 2.32. The second-order valence-electron chi connectivity index (χ2n) is 5.92. The van der Waals surface area contributed by atoms with Crippen molar-refractivity contribution in [3.8, 4) is 22.1 Å². The van der Waals surface area contributed by atoms with E-state index in [-0.39, 0.29) is 19.9 Å². The van der Waals surface area contributed by atoms with E-state index in [0.29, 0.717) is 22.8 Å². The molecule has 0 aliphatic carbocycles. The number of hydrogen-bond acceptors (Lipinski definition) is 7. The summed E-state index contributed by atoms with van der Waals surface area (Å²) in [6.45, 7) is -0.0413. The lowest BCUT2D eigenvalue weighted by Crippen LogP contribution is -2.30. The van der Waals surface area contributed by atoms with E-state index in [0.717, 1.165) is 10.6 Å². The van der Waals surface area contributed by atoms with Crippen molar-refractivity contribution in [1.82, 2.24) is 10.3 Å². The van der Waals surface area contributed by atoms with Crippen molar-refractivity contribution in [2.75, 3.05) is 13.3 Å². The highest BCUT2D eigenvalue weighted by molar-refractivity contribution is 7.13. The van der Waals surface area contributed by atoms with Crippen LogP contribution in [-0.4, -0.2) is 30.2 Å². The molecule has 0 radical (unpaired) electrons. The first kappa shape index (κ1) is 18.0. The molecule has 1 aliphatic heterocycles. The molecule has 2 aromatic carbocycles. The maximum Gasteiger partial charge on any atom is 0.325 e. The number of nitrogens with zero attached hydrogens (tertiary/aromatic N) is 1. The summed E-state index contributed by atoms with van der Waals surface area (Å²) in [5, 5.41) is 5.24. The van der Waals surface area contributed by atoms with Gasteiger partial charge in [-0.25, -0.2) is 4.98 Å². The van der Waals surface area contributed by atoms with Gasteiger partial charge >= 0.3 is 5.97 Å². The fourth-order valence-electron chi connectivity index (χ4n) is 2.58. The monoisotopic (exact) mass is 396 g/mol. The van der Waals surface area contributed by atoms with E-state index in [1.807, 2.05) is 35.7 Å². The highest BCUT2D eigenvalue weighted by atomic mass is 32.1. The Morgan fingerprint density at radius 2 is 1.93 bits per heavy atom. The van der Waals surface area contributed by atoms with Crippen molar-refractivity contribution in [1.29, 1.82) is 0 Å². The van der Waals surface area contributed by atoms with Crippen LogP contribution in [0.1, 0.15) is 16.1 Å². The van der Waals surface area contributed by atoms with Crippen LogP contribution >= 0.6 is 11.3 Å². The Morgan fingerprint density at radius 3 is 2.79 bits per heavy atom. The van der Waals surface area contributed by atoms with Crippen molar-refractivity contribution in [3.05, 3.63) is 65.2 Å². The average Bonchev–Trinajstić information content (AvgIpc) is 3.40. The lowest BCUT2D eigenvalue weighted by Gasteiger charge is -2.06. The molecule has 142 valence electrons. The minimum atomic E-state index is -0.539. The van der Waals surface area contributed by atoms with Crippen LogP contribution < -0.4 is 14.8 Å². The standard InChI is InChI=1S/C20H16N2O5S/c23-18(9-21-19(24)14-6-7-16-17(8-14)27-12-26-16)25-10-15-11-28-20(22-15)13-4-2-1-3-5-13/h1-8,11H,9-10,12H2,(H,21,24). The highest BCUT2D eigenvalue weighted by Gasteiger charge is 2.17. The van der Waals surface area contributed by atoms with Crippen molar-refractivity contribution in [2.45, 2.75) is 6.61 Å². The number of aromatic nitrogens is 1.